The van der Waals surface area contributed by atoms with Crippen molar-refractivity contribution in [3.8, 4) is 0 Å². The Morgan fingerprint density at radius 2 is 1.79 bits per heavy atom. The van der Waals surface area contributed by atoms with E-state index in [9.17, 15) is 22.8 Å². The van der Waals surface area contributed by atoms with E-state index < -0.39 is 29.3 Å². The molecule has 0 radical (unpaired) electrons. The summed E-state index contributed by atoms with van der Waals surface area (Å²) in [4.78, 5) is 22.8. The lowest BCUT2D eigenvalue weighted by Gasteiger charge is -2.28. The van der Waals surface area contributed by atoms with Gasteiger partial charge in [-0.15, -0.1) is 0 Å². The minimum atomic E-state index is -4.51. The van der Waals surface area contributed by atoms with Crippen LogP contribution in [0.25, 0.3) is 0 Å². The third-order valence-electron chi connectivity index (χ3n) is 3.86. The maximum atomic E-state index is 12.7. The van der Waals surface area contributed by atoms with Gasteiger partial charge in [0.25, 0.3) is 0 Å². The lowest BCUT2D eigenvalue weighted by atomic mass is 9.96. The van der Waals surface area contributed by atoms with E-state index >= 15 is 0 Å². The van der Waals surface area contributed by atoms with E-state index in [4.69, 9.17) is 5.11 Å². The van der Waals surface area contributed by atoms with Crippen LogP contribution in [0.5, 0.6) is 0 Å². The molecule has 2 saturated carbocycles. The van der Waals surface area contributed by atoms with Crippen LogP contribution in [0.2, 0.25) is 0 Å². The van der Waals surface area contributed by atoms with Crippen LogP contribution in [-0.4, -0.2) is 34.4 Å². The molecule has 2 aliphatic carbocycles. The number of carbonyl (C=O) groups excluding carboxylic acids is 1. The van der Waals surface area contributed by atoms with Crippen LogP contribution in [0.1, 0.15) is 32.6 Å². The zero-order valence-corrected chi connectivity index (χ0v) is 10.3. The molecule has 3 N–H and O–H groups in total. The van der Waals surface area contributed by atoms with E-state index in [-0.39, 0.29) is 18.8 Å². The van der Waals surface area contributed by atoms with Gasteiger partial charge in [-0.2, -0.15) is 13.2 Å². The van der Waals surface area contributed by atoms with E-state index in [0.717, 1.165) is 0 Å². The fourth-order valence-electron chi connectivity index (χ4n) is 2.08. The molecule has 8 heteroatoms. The molecule has 0 spiro atoms. The zero-order valence-electron chi connectivity index (χ0n) is 10.3. The highest BCUT2D eigenvalue weighted by molar-refractivity contribution is 5.87. The second kappa shape index (κ2) is 4.01. The monoisotopic (exact) mass is 280 g/mol. The van der Waals surface area contributed by atoms with Gasteiger partial charge >= 0.3 is 18.2 Å². The van der Waals surface area contributed by atoms with Gasteiger partial charge in [-0.25, -0.2) is 9.59 Å². The van der Waals surface area contributed by atoms with Crippen molar-refractivity contribution in [3.05, 3.63) is 0 Å². The number of amides is 2. The Morgan fingerprint density at radius 1 is 1.26 bits per heavy atom. The molecule has 2 fully saturated rings. The molecule has 0 aliphatic heterocycles. The highest BCUT2D eigenvalue weighted by atomic mass is 19.4. The first kappa shape index (κ1) is 14.0. The van der Waals surface area contributed by atoms with Gasteiger partial charge in [0, 0.05) is 0 Å². The van der Waals surface area contributed by atoms with Crippen molar-refractivity contribution < 1.29 is 27.9 Å². The summed E-state index contributed by atoms with van der Waals surface area (Å²) < 4.78 is 38.0. The van der Waals surface area contributed by atoms with Crippen LogP contribution in [0.3, 0.4) is 0 Å². The molecule has 19 heavy (non-hydrogen) atoms. The molecule has 2 aliphatic rings. The maximum absolute atomic E-state index is 12.7. The molecule has 0 saturated heterocycles. The van der Waals surface area contributed by atoms with Gasteiger partial charge in [-0.05, 0) is 38.5 Å². The Morgan fingerprint density at radius 3 is 2.11 bits per heavy atom. The predicted octanol–water partition coefficient (Wildman–Crippen LogP) is 1.63. The Bertz CT molecular complexity index is 416. The number of rotatable bonds is 4. The largest absolute Gasteiger partial charge is 0.480 e. The molecule has 0 aromatic rings. The number of halogens is 3. The van der Waals surface area contributed by atoms with Gasteiger partial charge in [0.15, 0.2) is 0 Å². The smallest absolute Gasteiger partial charge is 0.411 e. The van der Waals surface area contributed by atoms with Crippen molar-refractivity contribution >= 4 is 12.0 Å². The summed E-state index contributed by atoms with van der Waals surface area (Å²) in [7, 11) is 0. The molecule has 0 aromatic heterocycles. The lowest BCUT2D eigenvalue weighted by molar-refractivity contribution is -0.162. The normalized spacial score (nSPS) is 24.2. The second-order valence-electron chi connectivity index (χ2n) is 5.44. The summed E-state index contributed by atoms with van der Waals surface area (Å²) in [5.74, 6) is -1.46. The fraction of sp³-hybridized carbons (Fsp3) is 0.818. The predicted molar refractivity (Wildman–Crippen MR) is 58.5 cm³/mol. The number of carboxylic acids is 1. The Kier molecular flexibility index (Phi) is 2.94. The molecule has 108 valence electrons. The average Bonchev–Trinajstić information content (AvgIpc) is 3.10. The molecule has 1 unspecified atom stereocenters. The first-order valence-corrected chi connectivity index (χ1v) is 6.01. The molecule has 2 rings (SSSR count). The Labute approximate surface area is 107 Å². The lowest BCUT2D eigenvalue weighted by Crippen LogP contribution is -2.60. The summed E-state index contributed by atoms with van der Waals surface area (Å²) in [5.41, 5.74) is -3.69. The first-order chi connectivity index (χ1) is 8.61. The number of alkyl halides is 3. The number of hydrogen-bond acceptors (Lipinski definition) is 2. The summed E-state index contributed by atoms with van der Waals surface area (Å²) in [6.45, 7) is 1.32. The summed E-state index contributed by atoms with van der Waals surface area (Å²) in [5, 5.41) is 13.1. The third kappa shape index (κ3) is 2.48. The molecular weight excluding hydrogens is 265 g/mol. The quantitative estimate of drug-likeness (QED) is 0.732. The third-order valence-corrected chi connectivity index (χ3v) is 3.86. The van der Waals surface area contributed by atoms with Crippen LogP contribution in [0, 0.1) is 5.92 Å². The molecule has 5 nitrogen and oxygen atoms in total. The summed E-state index contributed by atoms with van der Waals surface area (Å²) >= 11 is 0. The number of urea groups is 1. The van der Waals surface area contributed by atoms with E-state index in [2.05, 4.69) is 5.32 Å². The topological polar surface area (TPSA) is 78.4 Å². The Hall–Kier alpha value is -1.47. The van der Waals surface area contributed by atoms with Crippen molar-refractivity contribution in [2.24, 2.45) is 5.92 Å². The number of carboxylic acid groups (broad SMARTS) is 1. The fourth-order valence-corrected chi connectivity index (χ4v) is 2.08. The second-order valence-corrected chi connectivity index (χ2v) is 5.44. The van der Waals surface area contributed by atoms with Crippen LogP contribution >= 0.6 is 0 Å². The van der Waals surface area contributed by atoms with Gasteiger partial charge in [0.2, 0.25) is 0 Å². The number of aliphatic carboxylic acids is 1. The van der Waals surface area contributed by atoms with Crippen molar-refractivity contribution in [3.63, 3.8) is 0 Å². The minimum Gasteiger partial charge on any atom is -0.480 e. The van der Waals surface area contributed by atoms with E-state index in [1.807, 2.05) is 5.32 Å². The van der Waals surface area contributed by atoms with Crippen molar-refractivity contribution in [2.45, 2.75) is 49.9 Å². The first-order valence-electron chi connectivity index (χ1n) is 6.01. The van der Waals surface area contributed by atoms with Crippen LogP contribution in [-0.2, 0) is 4.79 Å². The van der Waals surface area contributed by atoms with Gasteiger partial charge in [0.1, 0.15) is 11.1 Å². The molecular formula is C11H15F3N2O3. The van der Waals surface area contributed by atoms with Crippen LogP contribution < -0.4 is 10.6 Å². The van der Waals surface area contributed by atoms with Crippen molar-refractivity contribution in [2.75, 3.05) is 0 Å². The van der Waals surface area contributed by atoms with Crippen LogP contribution in [0.15, 0.2) is 0 Å². The highest BCUT2D eigenvalue weighted by Gasteiger charge is 2.64. The molecule has 1 atom stereocenters. The number of hydrogen-bond donors (Lipinski definition) is 3. The summed E-state index contributed by atoms with van der Waals surface area (Å²) in [6.07, 6.45) is -3.56. The van der Waals surface area contributed by atoms with Crippen molar-refractivity contribution in [1.82, 2.24) is 10.6 Å². The SMILES string of the molecule is CC(NC(=O)NC1(C(F)(F)F)CC1)(C(=O)O)C1CC1. The number of nitrogens with one attached hydrogen (secondary N) is 2. The maximum Gasteiger partial charge on any atom is 0.411 e. The molecule has 0 aromatic carbocycles. The summed E-state index contributed by atoms with van der Waals surface area (Å²) in [6, 6.07) is -1.08. The Balaban J connectivity index is 2.00. The number of carbonyl (C=O) groups is 2. The van der Waals surface area contributed by atoms with E-state index in [0.29, 0.717) is 12.8 Å². The van der Waals surface area contributed by atoms with E-state index in [1.165, 1.54) is 6.92 Å². The minimum absolute atomic E-state index is 0.170. The zero-order chi connectivity index (χ0) is 14.5. The molecule has 2 amide bonds. The van der Waals surface area contributed by atoms with Gasteiger partial charge in [-0.1, -0.05) is 0 Å². The molecule has 0 bridgehead atoms. The molecule has 0 heterocycles. The van der Waals surface area contributed by atoms with Gasteiger partial charge in [-0.3, -0.25) is 0 Å². The highest BCUT2D eigenvalue weighted by Crippen LogP contribution is 2.49. The van der Waals surface area contributed by atoms with Gasteiger partial charge in [0.05, 0.1) is 0 Å². The van der Waals surface area contributed by atoms with E-state index in [1.54, 1.807) is 0 Å². The van der Waals surface area contributed by atoms with Gasteiger partial charge < -0.3 is 15.7 Å². The standard InChI is InChI=1S/C11H15F3N2O3/c1-9(7(17)18,6-2-3-6)15-8(19)16-10(4-5-10)11(12,13)14/h6H,2-5H2,1H3,(H,17,18)(H2,15,16,19). The van der Waals surface area contributed by atoms with Crippen molar-refractivity contribution in [1.29, 1.82) is 0 Å². The van der Waals surface area contributed by atoms with Crippen LogP contribution in [0.4, 0.5) is 18.0 Å². The average molecular weight is 280 g/mol.